The number of Topliss-reactive ketones (excluding diaryl/α,β-unsaturated/α-hetero) is 1. The maximum Gasteiger partial charge on any atom is 0.305 e. The van der Waals surface area contributed by atoms with E-state index in [1.54, 1.807) is 19.2 Å². The number of hydrogen-bond donors (Lipinski definition) is 2. The first kappa shape index (κ1) is 13.1. The first-order chi connectivity index (χ1) is 8.13. The molecule has 90 valence electrons. The van der Waals surface area contributed by atoms with Gasteiger partial charge in [-0.3, -0.25) is 14.6 Å². The van der Waals surface area contributed by atoms with Gasteiger partial charge in [-0.15, -0.1) is 0 Å². The third kappa shape index (κ3) is 4.56. The van der Waals surface area contributed by atoms with E-state index in [-0.39, 0.29) is 12.2 Å². The highest BCUT2D eigenvalue weighted by atomic mass is 16.4. The zero-order valence-electron chi connectivity index (χ0n) is 9.46. The highest BCUT2D eigenvalue weighted by Gasteiger charge is 2.17. The Hall–Kier alpha value is -2.01. The van der Waals surface area contributed by atoms with Crippen LogP contribution in [-0.2, 0) is 9.59 Å². The van der Waals surface area contributed by atoms with Crippen LogP contribution in [-0.4, -0.2) is 36.2 Å². The molecule has 0 unspecified atom stereocenters. The molecule has 1 rings (SSSR count). The molecule has 2 N–H and O–H groups in total. The predicted molar refractivity (Wildman–Crippen MR) is 64.7 cm³/mol. The van der Waals surface area contributed by atoms with E-state index in [0.29, 0.717) is 5.69 Å². The quantitative estimate of drug-likeness (QED) is 0.720. The van der Waals surface area contributed by atoms with Gasteiger partial charge in [0, 0.05) is 0 Å². The van der Waals surface area contributed by atoms with Gasteiger partial charge in [-0.25, -0.2) is 0 Å². The number of carboxylic acid groups (broad SMARTS) is 1. The molecular formula is C12H14N2O3. The lowest BCUT2D eigenvalue weighted by atomic mass is 10.1. The number of nitrogens with one attached hydrogen (secondary N) is 1. The third-order valence-corrected chi connectivity index (χ3v) is 2.17. The van der Waals surface area contributed by atoms with Crippen molar-refractivity contribution in [3.8, 4) is 0 Å². The average molecular weight is 234 g/mol. The largest absolute Gasteiger partial charge is 0.481 e. The second-order valence-corrected chi connectivity index (χ2v) is 3.44. The van der Waals surface area contributed by atoms with Gasteiger partial charge in [-0.2, -0.15) is 0 Å². The van der Waals surface area contributed by atoms with Gasteiger partial charge in [0.1, 0.15) is 0 Å². The second-order valence-electron chi connectivity index (χ2n) is 3.44. The Bertz CT molecular complexity index is 415. The third-order valence-electron chi connectivity index (χ3n) is 2.17. The molecule has 0 radical (unpaired) electrons. The summed E-state index contributed by atoms with van der Waals surface area (Å²) in [5.41, 5.74) is 0.658. The summed E-state index contributed by atoms with van der Waals surface area (Å²) in [7, 11) is 1.54. The van der Waals surface area contributed by atoms with E-state index < -0.39 is 12.0 Å². The van der Waals surface area contributed by atoms with Crippen LogP contribution in [0.5, 0.6) is 0 Å². The van der Waals surface area contributed by atoms with Crippen molar-refractivity contribution in [3.63, 3.8) is 0 Å². The van der Waals surface area contributed by atoms with E-state index in [1.807, 2.05) is 18.2 Å². The average Bonchev–Trinajstić information content (AvgIpc) is 2.34. The van der Waals surface area contributed by atoms with Crippen LogP contribution in [0.3, 0.4) is 0 Å². The van der Waals surface area contributed by atoms with Gasteiger partial charge in [-0.05, 0) is 19.2 Å². The van der Waals surface area contributed by atoms with Crippen LogP contribution < -0.4 is 5.32 Å². The Morgan fingerprint density at radius 2 is 2.06 bits per heavy atom. The zero-order valence-corrected chi connectivity index (χ0v) is 9.46. The molecule has 0 aromatic heterocycles. The van der Waals surface area contributed by atoms with Gasteiger partial charge in [0.05, 0.1) is 24.4 Å². The molecule has 1 aromatic rings. The van der Waals surface area contributed by atoms with Gasteiger partial charge in [0.25, 0.3) is 0 Å². The maximum atomic E-state index is 11.6. The Balaban J connectivity index is 2.64. The molecule has 0 fully saturated rings. The van der Waals surface area contributed by atoms with Gasteiger partial charge >= 0.3 is 5.97 Å². The van der Waals surface area contributed by atoms with Crippen LogP contribution in [0.1, 0.15) is 6.42 Å². The van der Waals surface area contributed by atoms with Crippen LogP contribution in [0.4, 0.5) is 5.69 Å². The fourth-order valence-electron chi connectivity index (χ4n) is 1.26. The molecule has 17 heavy (non-hydrogen) atoms. The molecule has 0 heterocycles. The van der Waals surface area contributed by atoms with Crippen LogP contribution in [0, 0.1) is 0 Å². The van der Waals surface area contributed by atoms with E-state index >= 15 is 0 Å². The first-order valence-corrected chi connectivity index (χ1v) is 5.15. The molecule has 0 aliphatic heterocycles. The molecule has 5 nitrogen and oxygen atoms in total. The van der Waals surface area contributed by atoms with Crippen LogP contribution in [0.25, 0.3) is 0 Å². The number of carbonyl (C=O) groups excluding carboxylic acids is 1. The van der Waals surface area contributed by atoms with Crippen molar-refractivity contribution in [2.75, 3.05) is 7.05 Å². The van der Waals surface area contributed by atoms with Crippen LogP contribution >= 0.6 is 0 Å². The van der Waals surface area contributed by atoms with Crippen molar-refractivity contribution >= 4 is 23.7 Å². The number of likely N-dealkylation sites (N-methyl/N-ethyl adjacent to an activating group) is 1. The molecule has 0 spiro atoms. The van der Waals surface area contributed by atoms with Gasteiger partial charge in [0.2, 0.25) is 0 Å². The van der Waals surface area contributed by atoms with Crippen molar-refractivity contribution < 1.29 is 14.7 Å². The second kappa shape index (κ2) is 6.55. The molecule has 0 amide bonds. The molecule has 0 aliphatic carbocycles. The summed E-state index contributed by atoms with van der Waals surface area (Å²) in [6, 6.07) is 8.25. The predicted octanol–water partition coefficient (Wildman–Crippen LogP) is 1.02. The normalized spacial score (nSPS) is 12.5. The number of nitrogens with zero attached hydrogens (tertiary/aromatic N) is 1. The van der Waals surface area contributed by atoms with E-state index in [2.05, 4.69) is 10.3 Å². The highest BCUT2D eigenvalue weighted by molar-refractivity contribution is 6.30. The summed E-state index contributed by atoms with van der Waals surface area (Å²) in [6.45, 7) is 0. The number of aliphatic imine (C=N–C) groups is 1. The monoisotopic (exact) mass is 234 g/mol. The molecule has 0 saturated carbocycles. The minimum absolute atomic E-state index is 0.254. The SMILES string of the molecule is CN[C@@H](CC(=O)O)C(=O)C=Nc1ccccc1. The molecule has 1 atom stereocenters. The van der Waals surface area contributed by atoms with Crippen LogP contribution in [0.15, 0.2) is 35.3 Å². The summed E-state index contributed by atoms with van der Waals surface area (Å²) in [5, 5.41) is 11.3. The number of para-hydroxylation sites is 1. The van der Waals surface area contributed by atoms with Gasteiger partial charge < -0.3 is 10.4 Å². The van der Waals surface area contributed by atoms with Crippen molar-refractivity contribution in [2.24, 2.45) is 4.99 Å². The number of rotatable bonds is 6. The molecule has 0 aliphatic rings. The summed E-state index contributed by atoms with van der Waals surface area (Å²) in [6.07, 6.45) is 0.898. The Labute approximate surface area is 99.2 Å². The topological polar surface area (TPSA) is 78.8 Å². The van der Waals surface area contributed by atoms with E-state index in [4.69, 9.17) is 5.11 Å². The van der Waals surface area contributed by atoms with E-state index in [0.717, 1.165) is 6.21 Å². The smallest absolute Gasteiger partial charge is 0.305 e. The van der Waals surface area contributed by atoms with Crippen molar-refractivity contribution in [1.29, 1.82) is 0 Å². The van der Waals surface area contributed by atoms with Gasteiger partial charge in [0.15, 0.2) is 5.78 Å². The standard InChI is InChI=1S/C12H14N2O3/c1-13-10(7-12(16)17)11(15)8-14-9-5-3-2-4-6-9/h2-6,8,10,13H,7H2,1H3,(H,16,17)/t10-/m0/s1. The molecular weight excluding hydrogens is 220 g/mol. The lowest BCUT2D eigenvalue weighted by Crippen LogP contribution is -2.36. The van der Waals surface area contributed by atoms with Gasteiger partial charge in [-0.1, -0.05) is 18.2 Å². The minimum atomic E-state index is -1.02. The number of aliphatic carboxylic acids is 1. The maximum absolute atomic E-state index is 11.6. The zero-order chi connectivity index (χ0) is 12.7. The lowest BCUT2D eigenvalue weighted by Gasteiger charge is -2.08. The minimum Gasteiger partial charge on any atom is -0.481 e. The van der Waals surface area contributed by atoms with E-state index in [1.165, 1.54) is 0 Å². The first-order valence-electron chi connectivity index (χ1n) is 5.15. The molecule has 5 heteroatoms. The molecule has 1 aromatic carbocycles. The molecule has 0 saturated heterocycles. The lowest BCUT2D eigenvalue weighted by molar-refractivity contribution is -0.138. The van der Waals surface area contributed by atoms with Crippen molar-refractivity contribution in [1.82, 2.24) is 5.32 Å². The Morgan fingerprint density at radius 3 is 2.59 bits per heavy atom. The number of carbonyl (C=O) groups is 2. The molecule has 0 bridgehead atoms. The summed E-state index contributed by atoms with van der Waals surface area (Å²) in [4.78, 5) is 26.1. The van der Waals surface area contributed by atoms with Crippen LogP contribution in [0.2, 0.25) is 0 Å². The van der Waals surface area contributed by atoms with Crippen molar-refractivity contribution in [2.45, 2.75) is 12.5 Å². The Morgan fingerprint density at radius 1 is 1.41 bits per heavy atom. The van der Waals surface area contributed by atoms with Crippen molar-refractivity contribution in [3.05, 3.63) is 30.3 Å². The summed E-state index contributed by atoms with van der Waals surface area (Å²) >= 11 is 0. The number of carboxylic acids is 1. The fraction of sp³-hybridized carbons (Fsp3) is 0.250. The number of hydrogen-bond acceptors (Lipinski definition) is 4. The number of benzene rings is 1. The summed E-state index contributed by atoms with van der Waals surface area (Å²) in [5.74, 6) is -1.37. The summed E-state index contributed by atoms with van der Waals surface area (Å²) < 4.78 is 0. The van der Waals surface area contributed by atoms with E-state index in [9.17, 15) is 9.59 Å². The highest BCUT2D eigenvalue weighted by Crippen LogP contribution is 2.08. The Kier molecular flexibility index (Phi) is 5.03. The number of ketones is 1. The fourth-order valence-corrected chi connectivity index (χ4v) is 1.26.